The van der Waals surface area contributed by atoms with Gasteiger partial charge >= 0.3 is 0 Å². The monoisotopic (exact) mass is 435 g/mol. The molecular formula is C23H26FN7O. The van der Waals surface area contributed by atoms with Crippen LogP contribution >= 0.6 is 0 Å². The maximum Gasteiger partial charge on any atom is 0.155 e. The number of aryl methyl sites for hydroxylation is 1. The standard InChI is InChI=1S/C23H26FN7O/c1-15-17(24)4-5-18(28-15)21-20(16-3-6-19-26-14-27-31(19)13-16)29-22(30-21)23(9-12-32-2)7-10-25-11-8-23/h3-6,13-14,25H,7-12H2,1-2H3,(H,29,30). The molecule has 0 aliphatic carbocycles. The fraction of sp³-hybridized carbons (Fsp3) is 0.391. The maximum absolute atomic E-state index is 13.9. The average molecular weight is 436 g/mol. The highest BCUT2D eigenvalue weighted by Gasteiger charge is 2.37. The molecule has 166 valence electrons. The van der Waals surface area contributed by atoms with Crippen LogP contribution in [0.25, 0.3) is 28.3 Å². The fourth-order valence-electron chi connectivity index (χ4n) is 4.47. The number of rotatable bonds is 6. The van der Waals surface area contributed by atoms with Crippen molar-refractivity contribution in [1.29, 1.82) is 0 Å². The topological polar surface area (TPSA) is 93.0 Å². The summed E-state index contributed by atoms with van der Waals surface area (Å²) in [5.41, 5.74) is 4.08. The Morgan fingerprint density at radius 3 is 2.78 bits per heavy atom. The largest absolute Gasteiger partial charge is 0.385 e. The van der Waals surface area contributed by atoms with E-state index in [0.717, 1.165) is 60.8 Å². The van der Waals surface area contributed by atoms with Gasteiger partial charge in [0.25, 0.3) is 0 Å². The first-order valence-electron chi connectivity index (χ1n) is 10.8. The molecule has 1 aliphatic rings. The van der Waals surface area contributed by atoms with Crippen molar-refractivity contribution in [1.82, 2.24) is 34.9 Å². The first kappa shape index (κ1) is 20.7. The van der Waals surface area contributed by atoms with Gasteiger partial charge < -0.3 is 15.0 Å². The number of imidazole rings is 1. The lowest BCUT2D eigenvalue weighted by atomic mass is 9.75. The number of fused-ring (bicyclic) bond motifs is 1. The number of aromatic amines is 1. The van der Waals surface area contributed by atoms with Gasteiger partial charge in [-0.15, -0.1) is 0 Å². The molecular weight excluding hydrogens is 409 g/mol. The number of aromatic nitrogens is 6. The lowest BCUT2D eigenvalue weighted by Gasteiger charge is -2.36. The van der Waals surface area contributed by atoms with Gasteiger partial charge in [-0.1, -0.05) is 0 Å². The molecule has 0 aromatic carbocycles. The number of ether oxygens (including phenoxy) is 1. The predicted octanol–water partition coefficient (Wildman–Crippen LogP) is 3.29. The van der Waals surface area contributed by atoms with E-state index in [2.05, 4.69) is 25.4 Å². The van der Waals surface area contributed by atoms with Crippen molar-refractivity contribution >= 4 is 5.65 Å². The van der Waals surface area contributed by atoms with Crippen LogP contribution in [0.15, 0.2) is 36.8 Å². The van der Waals surface area contributed by atoms with Gasteiger partial charge in [0, 0.05) is 30.9 Å². The Morgan fingerprint density at radius 1 is 1.16 bits per heavy atom. The Bertz CT molecular complexity index is 1240. The summed E-state index contributed by atoms with van der Waals surface area (Å²) >= 11 is 0. The van der Waals surface area contributed by atoms with Gasteiger partial charge in [-0.25, -0.2) is 23.9 Å². The summed E-state index contributed by atoms with van der Waals surface area (Å²) in [6.45, 7) is 4.18. The second kappa shape index (κ2) is 8.40. The van der Waals surface area contributed by atoms with Gasteiger partial charge in [0.2, 0.25) is 0 Å². The SMILES string of the molecule is COCCC1(c2nc(-c3ccc4ncnn4c3)c(-c3ccc(F)c(C)n3)[nH]2)CCNCC1. The Labute approximate surface area is 185 Å². The number of nitrogens with zero attached hydrogens (tertiary/aromatic N) is 5. The van der Waals surface area contributed by atoms with Crippen molar-refractivity contribution in [2.75, 3.05) is 26.8 Å². The van der Waals surface area contributed by atoms with Crippen LogP contribution in [-0.4, -0.2) is 56.4 Å². The number of hydrogen-bond acceptors (Lipinski definition) is 6. The van der Waals surface area contributed by atoms with Crippen LogP contribution in [0, 0.1) is 12.7 Å². The zero-order valence-electron chi connectivity index (χ0n) is 18.2. The summed E-state index contributed by atoms with van der Waals surface area (Å²) < 4.78 is 21.1. The van der Waals surface area contributed by atoms with E-state index in [4.69, 9.17) is 9.72 Å². The third kappa shape index (κ3) is 3.67. The lowest BCUT2D eigenvalue weighted by molar-refractivity contribution is 0.148. The minimum Gasteiger partial charge on any atom is -0.385 e. The molecule has 0 amide bonds. The van der Waals surface area contributed by atoms with Crippen molar-refractivity contribution in [2.45, 2.75) is 31.6 Å². The molecule has 9 heteroatoms. The zero-order valence-corrected chi connectivity index (χ0v) is 18.2. The van der Waals surface area contributed by atoms with Gasteiger partial charge in [0.05, 0.1) is 22.8 Å². The predicted molar refractivity (Wildman–Crippen MR) is 119 cm³/mol. The highest BCUT2D eigenvalue weighted by molar-refractivity contribution is 5.77. The van der Waals surface area contributed by atoms with E-state index in [1.807, 2.05) is 18.3 Å². The summed E-state index contributed by atoms with van der Waals surface area (Å²) in [4.78, 5) is 17.4. The molecule has 1 saturated heterocycles. The van der Waals surface area contributed by atoms with Gasteiger partial charge in [0.15, 0.2) is 5.65 Å². The average Bonchev–Trinajstić information content (AvgIpc) is 3.47. The number of methoxy groups -OCH3 is 1. The fourth-order valence-corrected chi connectivity index (χ4v) is 4.47. The first-order chi connectivity index (χ1) is 15.6. The van der Waals surface area contributed by atoms with Crippen molar-refractivity contribution < 1.29 is 9.13 Å². The van der Waals surface area contributed by atoms with Crippen LogP contribution in [0.5, 0.6) is 0 Å². The Balaban J connectivity index is 1.68. The molecule has 0 spiro atoms. The normalized spacial score (nSPS) is 16.0. The lowest BCUT2D eigenvalue weighted by Crippen LogP contribution is -2.41. The maximum atomic E-state index is 13.9. The third-order valence-electron chi connectivity index (χ3n) is 6.38. The summed E-state index contributed by atoms with van der Waals surface area (Å²) in [7, 11) is 1.73. The van der Waals surface area contributed by atoms with E-state index in [1.54, 1.807) is 24.6 Å². The van der Waals surface area contributed by atoms with Crippen molar-refractivity contribution in [3.8, 4) is 22.6 Å². The molecule has 4 aromatic rings. The molecule has 4 aromatic heterocycles. The molecule has 8 nitrogen and oxygen atoms in total. The van der Waals surface area contributed by atoms with Crippen molar-refractivity contribution in [3.05, 3.63) is 54.1 Å². The van der Waals surface area contributed by atoms with Gasteiger partial charge in [0.1, 0.15) is 18.0 Å². The van der Waals surface area contributed by atoms with Crippen LogP contribution in [-0.2, 0) is 10.2 Å². The van der Waals surface area contributed by atoms with E-state index in [1.165, 1.54) is 12.4 Å². The van der Waals surface area contributed by atoms with E-state index in [-0.39, 0.29) is 11.2 Å². The molecule has 1 fully saturated rings. The van der Waals surface area contributed by atoms with Gasteiger partial charge in [-0.2, -0.15) is 5.10 Å². The molecule has 0 bridgehead atoms. The van der Waals surface area contributed by atoms with Crippen LogP contribution < -0.4 is 5.32 Å². The number of halogens is 1. The summed E-state index contributed by atoms with van der Waals surface area (Å²) in [5.74, 6) is 0.595. The molecule has 0 radical (unpaired) electrons. The van der Waals surface area contributed by atoms with Gasteiger partial charge in [-0.3, -0.25) is 0 Å². The molecule has 0 unspecified atom stereocenters. The number of pyridine rings is 2. The minimum absolute atomic E-state index is 0.124. The first-order valence-corrected chi connectivity index (χ1v) is 10.8. The minimum atomic E-state index is -0.325. The van der Waals surface area contributed by atoms with E-state index >= 15 is 0 Å². The third-order valence-corrected chi connectivity index (χ3v) is 6.38. The molecule has 0 atom stereocenters. The molecule has 5 rings (SSSR count). The summed E-state index contributed by atoms with van der Waals surface area (Å²) in [6, 6.07) is 7.04. The molecule has 0 saturated carbocycles. The molecule has 2 N–H and O–H groups in total. The van der Waals surface area contributed by atoms with Crippen LogP contribution in [0.1, 0.15) is 30.8 Å². The molecule has 1 aliphatic heterocycles. The molecule has 5 heterocycles. The van der Waals surface area contributed by atoms with Crippen molar-refractivity contribution in [2.24, 2.45) is 0 Å². The van der Waals surface area contributed by atoms with E-state index in [0.29, 0.717) is 18.0 Å². The molecule has 32 heavy (non-hydrogen) atoms. The highest BCUT2D eigenvalue weighted by atomic mass is 19.1. The second-order valence-corrected chi connectivity index (χ2v) is 8.33. The highest BCUT2D eigenvalue weighted by Crippen LogP contribution is 2.39. The number of hydrogen-bond donors (Lipinski definition) is 2. The smallest absolute Gasteiger partial charge is 0.155 e. The van der Waals surface area contributed by atoms with Crippen molar-refractivity contribution in [3.63, 3.8) is 0 Å². The number of piperidine rings is 1. The second-order valence-electron chi connectivity index (χ2n) is 8.33. The quantitative estimate of drug-likeness (QED) is 0.483. The van der Waals surface area contributed by atoms with Crippen LogP contribution in [0.2, 0.25) is 0 Å². The Morgan fingerprint density at radius 2 is 2.00 bits per heavy atom. The summed E-state index contributed by atoms with van der Waals surface area (Å²) in [5, 5.41) is 7.71. The Kier molecular flexibility index (Phi) is 5.44. The zero-order chi connectivity index (χ0) is 22.1. The van der Waals surface area contributed by atoms with Gasteiger partial charge in [-0.05, 0) is 63.5 Å². The Hall–Kier alpha value is -3.17. The van der Waals surface area contributed by atoms with Crippen LogP contribution in [0.3, 0.4) is 0 Å². The van der Waals surface area contributed by atoms with E-state index < -0.39 is 0 Å². The number of H-pyrrole nitrogens is 1. The van der Waals surface area contributed by atoms with Crippen LogP contribution in [0.4, 0.5) is 4.39 Å². The summed E-state index contributed by atoms with van der Waals surface area (Å²) in [6.07, 6.45) is 6.22. The number of nitrogens with one attached hydrogen (secondary N) is 2. The van der Waals surface area contributed by atoms with E-state index in [9.17, 15) is 4.39 Å².